The van der Waals surface area contributed by atoms with Crippen LogP contribution in [0.4, 0.5) is 18.0 Å². The number of nitrogens with one attached hydrogen (secondary N) is 3. The Bertz CT molecular complexity index is 2030. The summed E-state index contributed by atoms with van der Waals surface area (Å²) >= 11 is 0. The van der Waals surface area contributed by atoms with Gasteiger partial charge in [0, 0.05) is 18.4 Å². The highest BCUT2D eigenvalue weighted by Gasteiger charge is 2.62. The third-order valence-electron chi connectivity index (χ3n) is 11.3. The van der Waals surface area contributed by atoms with Gasteiger partial charge in [0.1, 0.15) is 29.5 Å². The Kier molecular flexibility index (Phi) is 11.7. The third kappa shape index (κ3) is 9.23. The van der Waals surface area contributed by atoms with Crippen molar-refractivity contribution in [3.05, 3.63) is 36.5 Å². The SMILES string of the molecule is CC[C@@H]1C[C@H](C)CC/C=C\[C@@H]2C[C@@]2(C(=O)NS(=O)(=O)C2CC2)NC(=O)[C@@H]2C[C@@H](Oc3cnc4ccc(OC)cc4n3)CN2C(=O)[C@H]1NC(=O)OC(C)(C)C(F)(F)F. The zero-order valence-electron chi connectivity index (χ0n) is 32.4. The maximum atomic E-state index is 14.8. The van der Waals surface area contributed by atoms with Gasteiger partial charge in [-0.15, -0.1) is 0 Å². The van der Waals surface area contributed by atoms with Crippen LogP contribution in [-0.2, 0) is 29.1 Å². The van der Waals surface area contributed by atoms with E-state index in [1.165, 1.54) is 18.2 Å². The highest BCUT2D eigenvalue weighted by Crippen LogP contribution is 2.46. The Hall–Kier alpha value is -4.68. The lowest BCUT2D eigenvalue weighted by Gasteiger charge is -2.35. The van der Waals surface area contributed by atoms with Gasteiger partial charge >= 0.3 is 12.3 Å². The van der Waals surface area contributed by atoms with Crippen LogP contribution in [0, 0.1) is 17.8 Å². The molecule has 6 rings (SSSR count). The molecule has 15 nitrogen and oxygen atoms in total. The molecule has 2 aliphatic carbocycles. The van der Waals surface area contributed by atoms with Crippen LogP contribution in [0.1, 0.15) is 79.1 Å². The number of hydrogen-bond acceptors (Lipinski definition) is 11. The zero-order valence-corrected chi connectivity index (χ0v) is 33.2. The van der Waals surface area contributed by atoms with Crippen molar-refractivity contribution in [2.45, 2.75) is 120 Å². The molecule has 312 valence electrons. The molecule has 3 fully saturated rings. The first-order chi connectivity index (χ1) is 26.8. The number of sulfonamides is 1. The summed E-state index contributed by atoms with van der Waals surface area (Å²) in [6.45, 7) is 4.91. The number of rotatable bonds is 9. The fraction of sp³-hybridized carbons (Fsp3) is 0.632. The molecule has 4 aliphatic rings. The van der Waals surface area contributed by atoms with Crippen LogP contribution in [0.25, 0.3) is 11.0 Å². The highest BCUT2D eigenvalue weighted by atomic mass is 32.2. The van der Waals surface area contributed by atoms with E-state index in [0.29, 0.717) is 69.2 Å². The number of hydrogen-bond donors (Lipinski definition) is 3. The molecule has 3 heterocycles. The number of nitrogens with zero attached hydrogens (tertiary/aromatic N) is 3. The number of carbonyl (C=O) groups excluding carboxylic acids is 4. The Morgan fingerprint density at radius 1 is 1.11 bits per heavy atom. The van der Waals surface area contributed by atoms with Crippen LogP contribution >= 0.6 is 0 Å². The van der Waals surface area contributed by atoms with Crippen LogP contribution in [0.2, 0.25) is 0 Å². The minimum Gasteiger partial charge on any atom is -0.497 e. The summed E-state index contributed by atoms with van der Waals surface area (Å²) in [6.07, 6.45) is 0.458. The number of methoxy groups -OCH3 is 1. The molecule has 0 bridgehead atoms. The summed E-state index contributed by atoms with van der Waals surface area (Å²) in [5.74, 6) is -3.01. The molecule has 3 N–H and O–H groups in total. The molecule has 7 atom stereocenters. The van der Waals surface area contributed by atoms with Crippen LogP contribution in [0.3, 0.4) is 0 Å². The lowest BCUT2D eigenvalue weighted by Crippen LogP contribution is -2.59. The molecular formula is C38H49F3N6O9S. The van der Waals surface area contributed by atoms with Gasteiger partial charge in [-0.25, -0.2) is 23.2 Å². The number of benzene rings is 1. The van der Waals surface area contributed by atoms with Crippen LogP contribution in [-0.4, -0.2) is 102 Å². The zero-order chi connectivity index (χ0) is 41.5. The predicted molar refractivity (Wildman–Crippen MR) is 199 cm³/mol. The number of carbonyl (C=O) groups is 4. The Morgan fingerprint density at radius 3 is 2.51 bits per heavy atom. The van der Waals surface area contributed by atoms with Crippen LogP contribution in [0.5, 0.6) is 11.6 Å². The maximum absolute atomic E-state index is 14.8. The second-order valence-electron chi connectivity index (χ2n) is 16.0. The molecular weight excluding hydrogens is 774 g/mol. The van der Waals surface area contributed by atoms with E-state index in [4.69, 9.17) is 14.2 Å². The second kappa shape index (κ2) is 15.9. The number of alkyl carbamates (subject to hydrolysis) is 1. The molecule has 2 aliphatic heterocycles. The smallest absolute Gasteiger partial charge is 0.427 e. The monoisotopic (exact) mass is 822 g/mol. The number of allylic oxidation sites excluding steroid dienone is 1. The van der Waals surface area contributed by atoms with Gasteiger partial charge < -0.3 is 29.7 Å². The first-order valence-corrected chi connectivity index (χ1v) is 20.7. The molecule has 19 heteroatoms. The maximum Gasteiger partial charge on any atom is 0.427 e. The topological polar surface area (TPSA) is 195 Å². The van der Waals surface area contributed by atoms with Gasteiger partial charge in [-0.05, 0) is 76.3 Å². The first-order valence-electron chi connectivity index (χ1n) is 19.2. The molecule has 1 saturated heterocycles. The predicted octanol–water partition coefficient (Wildman–Crippen LogP) is 4.31. The van der Waals surface area contributed by atoms with Gasteiger partial charge in [0.05, 0.1) is 36.1 Å². The van der Waals surface area contributed by atoms with E-state index < -0.39 is 86.4 Å². The minimum absolute atomic E-state index is 0.0317. The first kappa shape index (κ1) is 41.9. The van der Waals surface area contributed by atoms with Gasteiger partial charge in [0.15, 0.2) is 0 Å². The quantitative estimate of drug-likeness (QED) is 0.305. The summed E-state index contributed by atoms with van der Waals surface area (Å²) in [5, 5.41) is 4.49. The third-order valence-corrected chi connectivity index (χ3v) is 13.1. The van der Waals surface area contributed by atoms with Crippen molar-refractivity contribution in [2.24, 2.45) is 17.8 Å². The average molecular weight is 823 g/mol. The number of aromatic nitrogens is 2. The van der Waals surface area contributed by atoms with Crippen molar-refractivity contribution >= 4 is 44.9 Å². The Labute approximate surface area is 328 Å². The van der Waals surface area contributed by atoms with E-state index >= 15 is 0 Å². The Morgan fingerprint density at radius 2 is 1.84 bits per heavy atom. The lowest BCUT2D eigenvalue weighted by molar-refractivity contribution is -0.244. The molecule has 2 aromatic rings. The van der Waals surface area contributed by atoms with E-state index in [2.05, 4.69) is 25.3 Å². The Balaban J connectivity index is 1.35. The molecule has 2 saturated carbocycles. The number of fused-ring (bicyclic) bond motifs is 3. The molecule has 0 radical (unpaired) electrons. The normalized spacial score (nSPS) is 29.2. The van der Waals surface area contributed by atoms with Gasteiger partial charge in [-0.1, -0.05) is 32.4 Å². The highest BCUT2D eigenvalue weighted by molar-refractivity contribution is 7.91. The minimum atomic E-state index is -4.91. The molecule has 1 aromatic heterocycles. The van der Waals surface area contributed by atoms with Crippen molar-refractivity contribution < 1.29 is 55.0 Å². The van der Waals surface area contributed by atoms with Gasteiger partial charge in [-0.2, -0.15) is 13.2 Å². The molecule has 0 unspecified atom stereocenters. The average Bonchev–Trinajstić information content (AvgIpc) is 4.07. The number of alkyl halides is 3. The summed E-state index contributed by atoms with van der Waals surface area (Å²) in [7, 11) is -2.48. The summed E-state index contributed by atoms with van der Waals surface area (Å²) in [5.41, 5.74) is -3.52. The molecule has 57 heavy (non-hydrogen) atoms. The fourth-order valence-corrected chi connectivity index (χ4v) is 8.85. The van der Waals surface area contributed by atoms with Crippen molar-refractivity contribution in [3.8, 4) is 11.6 Å². The van der Waals surface area contributed by atoms with Crippen molar-refractivity contribution in [3.63, 3.8) is 0 Å². The molecule has 4 amide bonds. The second-order valence-corrected chi connectivity index (χ2v) is 18.0. The number of ether oxygens (including phenoxy) is 3. The van der Waals surface area contributed by atoms with Crippen molar-refractivity contribution in [1.82, 2.24) is 30.2 Å². The summed E-state index contributed by atoms with van der Waals surface area (Å²) < 4.78 is 85.4. The molecule has 0 spiro atoms. The van der Waals surface area contributed by atoms with E-state index in [9.17, 15) is 40.8 Å². The van der Waals surface area contributed by atoms with Gasteiger partial charge in [-0.3, -0.25) is 19.1 Å². The largest absolute Gasteiger partial charge is 0.497 e. The van der Waals surface area contributed by atoms with E-state index in [1.54, 1.807) is 31.2 Å². The fourth-order valence-electron chi connectivity index (χ4n) is 7.49. The van der Waals surface area contributed by atoms with Gasteiger partial charge in [0.25, 0.3) is 5.91 Å². The van der Waals surface area contributed by atoms with E-state index in [0.717, 1.165) is 0 Å². The summed E-state index contributed by atoms with van der Waals surface area (Å²) in [6, 6.07) is 2.33. The van der Waals surface area contributed by atoms with E-state index in [-0.39, 0.29) is 31.2 Å². The number of halogens is 3. The lowest BCUT2D eigenvalue weighted by atomic mass is 9.85. The van der Waals surface area contributed by atoms with E-state index in [1.807, 2.05) is 13.0 Å². The standard InChI is InChI=1S/C38H49F3N6O9S/c1-6-22-15-21(2)9-7-8-10-23-18-37(23,34(50)46-57(52,53)26-12-13-26)45-32(48)29-17-25(55-30-19-42-27-14-11-24(54-5)16-28(27)43-30)20-47(29)33(49)31(22)44-35(51)56-36(3,4)38(39,40)41/h8,10-11,14,16,19,21-23,25-26,29,31H,6-7,9,12-13,15,17-18,20H2,1-5H3,(H,44,51)(H,45,48)(H,46,50)/b10-8-/t21-,22-,23-,25-,29+,31+,37-/m1/s1. The van der Waals surface area contributed by atoms with Crippen molar-refractivity contribution in [1.29, 1.82) is 0 Å². The van der Waals surface area contributed by atoms with Crippen LogP contribution < -0.4 is 24.8 Å². The van der Waals surface area contributed by atoms with Gasteiger partial charge in [0.2, 0.25) is 33.3 Å². The number of amides is 4. The van der Waals surface area contributed by atoms with Crippen molar-refractivity contribution in [2.75, 3.05) is 13.7 Å². The van der Waals surface area contributed by atoms with Crippen LogP contribution in [0.15, 0.2) is 36.5 Å². The summed E-state index contributed by atoms with van der Waals surface area (Å²) in [4.78, 5) is 66.2. The molecule has 1 aromatic carbocycles.